The molecule has 0 saturated carbocycles. The number of carbonyl (C=O) groups is 2. The van der Waals surface area contributed by atoms with Crippen molar-refractivity contribution >= 4 is 23.4 Å². The summed E-state index contributed by atoms with van der Waals surface area (Å²) in [6.45, 7) is 1.73. The molecule has 1 atom stereocenters. The number of hydrogen-bond donors (Lipinski definition) is 3. The van der Waals surface area contributed by atoms with E-state index in [0.29, 0.717) is 11.4 Å². The molecule has 104 valence electrons. The molecule has 0 bridgehead atoms. The maximum Gasteiger partial charge on any atom is 0.239 e. The van der Waals surface area contributed by atoms with Crippen molar-refractivity contribution in [2.24, 2.45) is 5.73 Å². The normalized spacial score (nSPS) is 11.7. The second kappa shape index (κ2) is 7.76. The molecule has 0 heterocycles. The van der Waals surface area contributed by atoms with Gasteiger partial charge in [-0.2, -0.15) is 0 Å². The first kappa shape index (κ1) is 15.5. The Bertz CT molecular complexity index is 434. The fourth-order valence-corrected chi connectivity index (χ4v) is 1.73. The van der Waals surface area contributed by atoms with Gasteiger partial charge < -0.3 is 16.4 Å². The third-order valence-corrected chi connectivity index (χ3v) is 2.75. The van der Waals surface area contributed by atoms with Gasteiger partial charge in [-0.25, -0.2) is 0 Å². The van der Waals surface area contributed by atoms with Crippen LogP contribution in [0.4, 0.5) is 0 Å². The smallest absolute Gasteiger partial charge is 0.239 e. The molecule has 0 aromatic heterocycles. The van der Waals surface area contributed by atoms with Crippen LogP contribution in [-0.2, 0) is 16.0 Å². The first-order valence-corrected chi connectivity index (χ1v) is 6.39. The molecule has 6 heteroatoms. The SMILES string of the molecule is CC(Cc1ccc(Cl)cc1)NC(=O)CNC(=O)CN. The summed E-state index contributed by atoms with van der Waals surface area (Å²) in [6, 6.07) is 7.44. The van der Waals surface area contributed by atoms with Gasteiger partial charge in [-0.15, -0.1) is 0 Å². The van der Waals surface area contributed by atoms with Crippen molar-refractivity contribution in [3.8, 4) is 0 Å². The number of carbonyl (C=O) groups excluding carboxylic acids is 2. The Kier molecular flexibility index (Phi) is 6.32. The lowest BCUT2D eigenvalue weighted by atomic mass is 10.1. The molecule has 1 unspecified atom stereocenters. The Morgan fingerprint density at radius 2 is 1.89 bits per heavy atom. The summed E-state index contributed by atoms with van der Waals surface area (Å²) < 4.78 is 0. The number of benzene rings is 1. The van der Waals surface area contributed by atoms with Gasteiger partial charge in [-0.05, 0) is 31.0 Å². The molecule has 0 radical (unpaired) electrons. The van der Waals surface area contributed by atoms with E-state index >= 15 is 0 Å². The van der Waals surface area contributed by atoms with Crippen LogP contribution in [0.2, 0.25) is 5.02 Å². The van der Waals surface area contributed by atoms with Crippen LogP contribution in [0, 0.1) is 0 Å². The minimum atomic E-state index is -0.347. The van der Waals surface area contributed by atoms with Gasteiger partial charge >= 0.3 is 0 Å². The molecule has 0 saturated heterocycles. The van der Waals surface area contributed by atoms with E-state index in [2.05, 4.69) is 10.6 Å². The van der Waals surface area contributed by atoms with Crippen LogP contribution in [0.25, 0.3) is 0 Å². The Balaban J connectivity index is 2.34. The van der Waals surface area contributed by atoms with Crippen LogP contribution < -0.4 is 16.4 Å². The Labute approximate surface area is 117 Å². The van der Waals surface area contributed by atoms with Gasteiger partial charge in [0.05, 0.1) is 13.1 Å². The minimum Gasteiger partial charge on any atom is -0.352 e. The molecule has 19 heavy (non-hydrogen) atoms. The first-order chi connectivity index (χ1) is 9.01. The van der Waals surface area contributed by atoms with Gasteiger partial charge in [0.25, 0.3) is 0 Å². The van der Waals surface area contributed by atoms with E-state index in [9.17, 15) is 9.59 Å². The zero-order chi connectivity index (χ0) is 14.3. The molecule has 1 rings (SSSR count). The summed E-state index contributed by atoms with van der Waals surface area (Å²) in [5, 5.41) is 5.90. The molecule has 0 fully saturated rings. The Morgan fingerprint density at radius 3 is 2.47 bits per heavy atom. The van der Waals surface area contributed by atoms with Crippen molar-refractivity contribution in [3.05, 3.63) is 34.9 Å². The topological polar surface area (TPSA) is 84.2 Å². The fourth-order valence-electron chi connectivity index (χ4n) is 1.60. The van der Waals surface area contributed by atoms with Crippen molar-refractivity contribution < 1.29 is 9.59 Å². The summed E-state index contributed by atoms with van der Waals surface area (Å²) in [5.41, 5.74) is 6.21. The lowest BCUT2D eigenvalue weighted by Crippen LogP contribution is -2.43. The first-order valence-electron chi connectivity index (χ1n) is 6.02. The maximum atomic E-state index is 11.5. The number of nitrogens with two attached hydrogens (primary N) is 1. The van der Waals surface area contributed by atoms with Crippen LogP contribution >= 0.6 is 11.6 Å². The zero-order valence-electron chi connectivity index (χ0n) is 10.8. The van der Waals surface area contributed by atoms with Crippen molar-refractivity contribution in [1.82, 2.24) is 10.6 Å². The highest BCUT2D eigenvalue weighted by Crippen LogP contribution is 2.10. The zero-order valence-corrected chi connectivity index (χ0v) is 11.5. The number of hydrogen-bond acceptors (Lipinski definition) is 3. The molecule has 4 N–H and O–H groups in total. The third kappa shape index (κ3) is 6.22. The molecular weight excluding hydrogens is 266 g/mol. The largest absolute Gasteiger partial charge is 0.352 e. The summed E-state index contributed by atoms with van der Waals surface area (Å²) >= 11 is 5.80. The summed E-state index contributed by atoms with van der Waals surface area (Å²) in [4.78, 5) is 22.4. The van der Waals surface area contributed by atoms with Gasteiger partial charge in [0.2, 0.25) is 11.8 Å². The predicted octanol–water partition coefficient (Wildman–Crippen LogP) is 0.462. The predicted molar refractivity (Wildman–Crippen MR) is 74.8 cm³/mol. The highest BCUT2D eigenvalue weighted by Gasteiger charge is 2.09. The van der Waals surface area contributed by atoms with E-state index in [1.807, 2.05) is 31.2 Å². The van der Waals surface area contributed by atoms with Gasteiger partial charge in [-0.3, -0.25) is 9.59 Å². The fraction of sp³-hybridized carbons (Fsp3) is 0.385. The van der Waals surface area contributed by atoms with Gasteiger partial charge in [-0.1, -0.05) is 23.7 Å². The van der Waals surface area contributed by atoms with E-state index in [1.165, 1.54) is 0 Å². The second-order valence-corrected chi connectivity index (χ2v) is 4.72. The molecule has 2 amide bonds. The van der Waals surface area contributed by atoms with Crippen molar-refractivity contribution in [1.29, 1.82) is 0 Å². The van der Waals surface area contributed by atoms with Crippen LogP contribution in [-0.4, -0.2) is 30.9 Å². The lowest BCUT2D eigenvalue weighted by molar-refractivity contribution is -0.125. The number of amides is 2. The summed E-state index contributed by atoms with van der Waals surface area (Å²) in [7, 11) is 0. The van der Waals surface area contributed by atoms with Gasteiger partial charge in [0.1, 0.15) is 0 Å². The minimum absolute atomic E-state index is 0.0246. The van der Waals surface area contributed by atoms with E-state index < -0.39 is 0 Å². The highest BCUT2D eigenvalue weighted by atomic mass is 35.5. The van der Waals surface area contributed by atoms with Crippen LogP contribution in [0.5, 0.6) is 0 Å². The summed E-state index contributed by atoms with van der Waals surface area (Å²) in [6.07, 6.45) is 0.702. The van der Waals surface area contributed by atoms with E-state index in [1.54, 1.807) is 0 Å². The maximum absolute atomic E-state index is 11.5. The molecule has 1 aromatic carbocycles. The van der Waals surface area contributed by atoms with E-state index in [0.717, 1.165) is 5.56 Å². The number of rotatable bonds is 6. The second-order valence-electron chi connectivity index (χ2n) is 4.28. The van der Waals surface area contributed by atoms with Crippen LogP contribution in [0.15, 0.2) is 24.3 Å². The third-order valence-electron chi connectivity index (χ3n) is 2.49. The average molecular weight is 284 g/mol. The number of halogens is 1. The molecule has 0 aliphatic heterocycles. The van der Waals surface area contributed by atoms with Crippen molar-refractivity contribution in [3.63, 3.8) is 0 Å². The van der Waals surface area contributed by atoms with Crippen molar-refractivity contribution in [2.45, 2.75) is 19.4 Å². The average Bonchev–Trinajstić information content (AvgIpc) is 2.38. The molecule has 0 aliphatic carbocycles. The standard InChI is InChI=1S/C13H18ClN3O2/c1-9(6-10-2-4-11(14)5-3-10)17-13(19)8-16-12(18)7-15/h2-5,9H,6-8,15H2,1H3,(H,16,18)(H,17,19). The van der Waals surface area contributed by atoms with Gasteiger partial charge in [0.15, 0.2) is 0 Å². The Hall–Kier alpha value is -1.59. The lowest BCUT2D eigenvalue weighted by Gasteiger charge is -2.14. The van der Waals surface area contributed by atoms with Crippen LogP contribution in [0.3, 0.4) is 0 Å². The molecule has 0 aliphatic rings. The van der Waals surface area contributed by atoms with Gasteiger partial charge in [0, 0.05) is 11.1 Å². The monoisotopic (exact) mass is 283 g/mol. The summed E-state index contributed by atoms with van der Waals surface area (Å²) in [5.74, 6) is -0.580. The highest BCUT2D eigenvalue weighted by molar-refractivity contribution is 6.30. The molecular formula is C13H18ClN3O2. The van der Waals surface area contributed by atoms with Crippen LogP contribution in [0.1, 0.15) is 12.5 Å². The molecule has 5 nitrogen and oxygen atoms in total. The molecule has 0 spiro atoms. The quantitative estimate of drug-likeness (QED) is 0.709. The van der Waals surface area contributed by atoms with E-state index in [4.69, 9.17) is 17.3 Å². The Morgan fingerprint density at radius 1 is 1.26 bits per heavy atom. The number of nitrogens with one attached hydrogen (secondary N) is 2. The van der Waals surface area contributed by atoms with E-state index in [-0.39, 0.29) is 30.9 Å². The van der Waals surface area contributed by atoms with Crippen molar-refractivity contribution in [2.75, 3.05) is 13.1 Å². The molecule has 1 aromatic rings.